The minimum atomic E-state index is -1.36. The van der Waals surface area contributed by atoms with Crippen LogP contribution in [-0.4, -0.2) is 61.7 Å². The molecule has 3 amide bonds. The lowest BCUT2D eigenvalue weighted by Crippen LogP contribution is -2.39. The number of anilines is 2. The Morgan fingerprint density at radius 1 is 1.08 bits per heavy atom. The van der Waals surface area contributed by atoms with Gasteiger partial charge in [-0.05, 0) is 36.4 Å². The molecule has 13 heteroatoms. The van der Waals surface area contributed by atoms with E-state index in [2.05, 4.69) is 15.7 Å². The van der Waals surface area contributed by atoms with E-state index in [4.69, 9.17) is 4.74 Å². The number of halogens is 2. The number of carbonyl (C=O) groups is 3. The summed E-state index contributed by atoms with van der Waals surface area (Å²) in [4.78, 5) is 36.1. The molecule has 0 unspecified atom stereocenters. The van der Waals surface area contributed by atoms with Crippen LogP contribution in [0.5, 0.6) is 5.75 Å². The zero-order valence-electron chi connectivity index (χ0n) is 18.8. The summed E-state index contributed by atoms with van der Waals surface area (Å²) >= 11 is 0. The molecule has 36 heavy (non-hydrogen) atoms. The minimum absolute atomic E-state index is 0.0435. The average molecular weight is 501 g/mol. The summed E-state index contributed by atoms with van der Waals surface area (Å²) in [5.41, 5.74) is 1.18. The van der Waals surface area contributed by atoms with Gasteiger partial charge in [0, 0.05) is 37.0 Å². The molecule has 1 saturated heterocycles. The lowest BCUT2D eigenvalue weighted by Gasteiger charge is -2.18. The van der Waals surface area contributed by atoms with E-state index in [-0.39, 0.29) is 18.7 Å². The molecule has 4 N–H and O–H groups in total. The molecule has 1 aromatic heterocycles. The van der Waals surface area contributed by atoms with Crippen LogP contribution in [0.25, 0.3) is 11.3 Å². The number of likely N-dealkylation sites (tertiary alicyclic amines) is 1. The molecule has 1 aliphatic rings. The van der Waals surface area contributed by atoms with Gasteiger partial charge in [0.2, 0.25) is 0 Å². The molecular formula is C23H21F2N5O6. The van der Waals surface area contributed by atoms with Crippen LogP contribution in [0.2, 0.25) is 0 Å². The van der Waals surface area contributed by atoms with Crippen molar-refractivity contribution in [2.24, 2.45) is 7.05 Å². The number of nitrogens with one attached hydrogen (secondary N) is 2. The van der Waals surface area contributed by atoms with E-state index in [9.17, 15) is 33.4 Å². The number of carboxylic acids is 1. The molecular weight excluding hydrogens is 480 g/mol. The number of aliphatic carboxylic acids is 1. The van der Waals surface area contributed by atoms with E-state index in [0.29, 0.717) is 28.8 Å². The summed E-state index contributed by atoms with van der Waals surface area (Å²) in [6, 6.07) is 7.05. The second-order valence-electron chi connectivity index (χ2n) is 8.02. The van der Waals surface area contributed by atoms with Gasteiger partial charge in [-0.15, -0.1) is 0 Å². The number of benzene rings is 2. The van der Waals surface area contributed by atoms with E-state index in [1.165, 1.54) is 12.1 Å². The highest BCUT2D eigenvalue weighted by molar-refractivity contribution is 6.00. The van der Waals surface area contributed by atoms with Gasteiger partial charge < -0.3 is 25.6 Å². The largest absolute Gasteiger partial charge is 0.488 e. The number of ether oxygens (including phenoxy) is 1. The van der Waals surface area contributed by atoms with Crippen molar-refractivity contribution in [3.63, 3.8) is 0 Å². The smallest absolute Gasteiger partial charge is 0.408 e. The number of rotatable bonds is 6. The monoisotopic (exact) mass is 501 g/mol. The highest BCUT2D eigenvalue weighted by atomic mass is 19.1. The van der Waals surface area contributed by atoms with Crippen LogP contribution in [0.3, 0.4) is 0 Å². The Balaban J connectivity index is 1.57. The maximum absolute atomic E-state index is 13.9. The van der Waals surface area contributed by atoms with Crippen LogP contribution in [-0.2, 0) is 11.8 Å². The van der Waals surface area contributed by atoms with Crippen molar-refractivity contribution in [2.75, 3.05) is 17.2 Å². The van der Waals surface area contributed by atoms with Crippen LogP contribution in [0.15, 0.2) is 48.7 Å². The van der Waals surface area contributed by atoms with Gasteiger partial charge in [0.1, 0.15) is 29.5 Å². The second-order valence-corrected chi connectivity index (χ2v) is 8.02. The third-order valence-electron chi connectivity index (χ3n) is 5.60. The van der Waals surface area contributed by atoms with Crippen molar-refractivity contribution in [2.45, 2.75) is 18.6 Å². The molecule has 2 aromatic carbocycles. The van der Waals surface area contributed by atoms with Gasteiger partial charge in [-0.2, -0.15) is 5.10 Å². The summed E-state index contributed by atoms with van der Waals surface area (Å²) < 4.78 is 34.5. The Morgan fingerprint density at radius 3 is 2.47 bits per heavy atom. The molecule has 0 bridgehead atoms. The highest BCUT2D eigenvalue weighted by Crippen LogP contribution is 2.35. The van der Waals surface area contributed by atoms with Crippen molar-refractivity contribution < 1.29 is 38.1 Å². The van der Waals surface area contributed by atoms with Crippen LogP contribution >= 0.6 is 0 Å². The molecule has 0 aliphatic carbocycles. The van der Waals surface area contributed by atoms with Crippen LogP contribution < -0.4 is 15.4 Å². The molecule has 2 heterocycles. The van der Waals surface area contributed by atoms with E-state index >= 15 is 0 Å². The Hall–Kier alpha value is -4.68. The van der Waals surface area contributed by atoms with Gasteiger partial charge in [0.15, 0.2) is 0 Å². The fraction of sp³-hybridized carbons (Fsp3) is 0.217. The number of hydrogen-bond donors (Lipinski definition) is 4. The van der Waals surface area contributed by atoms with Gasteiger partial charge in [-0.1, -0.05) is 0 Å². The Labute approximate surface area is 202 Å². The van der Waals surface area contributed by atoms with Gasteiger partial charge in [-0.25, -0.2) is 23.2 Å². The van der Waals surface area contributed by atoms with E-state index in [1.54, 1.807) is 30.1 Å². The molecule has 188 valence electrons. The minimum Gasteiger partial charge on any atom is -0.488 e. The number of nitrogens with zero attached hydrogens (tertiary/aromatic N) is 3. The Bertz CT molecular complexity index is 1310. The number of amides is 3. The van der Waals surface area contributed by atoms with Gasteiger partial charge >= 0.3 is 18.1 Å². The number of carbonyl (C=O) groups excluding carboxylic acids is 1. The van der Waals surface area contributed by atoms with Crippen molar-refractivity contribution in [1.82, 2.24) is 14.7 Å². The first-order valence-corrected chi connectivity index (χ1v) is 10.7. The van der Waals surface area contributed by atoms with Gasteiger partial charge in [0.05, 0.1) is 17.9 Å². The van der Waals surface area contributed by atoms with Crippen molar-refractivity contribution in [3.05, 3.63) is 60.3 Å². The summed E-state index contributed by atoms with van der Waals surface area (Å²) in [6.45, 7) is -0.136. The second kappa shape index (κ2) is 9.90. The van der Waals surface area contributed by atoms with Gasteiger partial charge in [-0.3, -0.25) is 9.58 Å². The summed E-state index contributed by atoms with van der Waals surface area (Å²) in [6.07, 6.45) is -0.579. The normalized spacial score (nSPS) is 17.0. The predicted molar refractivity (Wildman–Crippen MR) is 123 cm³/mol. The van der Waals surface area contributed by atoms with Crippen LogP contribution in [0.1, 0.15) is 6.42 Å². The predicted octanol–water partition coefficient (Wildman–Crippen LogP) is 3.59. The molecule has 0 saturated carbocycles. The SMILES string of the molecule is Cn1nccc1-c1cc(NC(=O)Nc2ccc(F)cc2F)ccc1O[C@H]1C[C@@H](C(=O)O)N(C(=O)O)C1. The molecule has 2 atom stereocenters. The maximum Gasteiger partial charge on any atom is 0.408 e. The van der Waals surface area contributed by atoms with Crippen molar-refractivity contribution in [3.8, 4) is 17.0 Å². The first-order valence-electron chi connectivity index (χ1n) is 10.7. The number of urea groups is 1. The number of carboxylic acid groups (broad SMARTS) is 2. The molecule has 4 rings (SSSR count). The number of aromatic nitrogens is 2. The molecule has 11 nitrogen and oxygen atoms in total. The first-order chi connectivity index (χ1) is 17.1. The van der Waals surface area contributed by atoms with Crippen LogP contribution in [0.4, 0.5) is 29.7 Å². The standard InChI is InChI=1S/C23H21F2N5O6/c1-29-18(6-7-26-29)15-9-13(27-22(33)28-17-4-2-12(24)8-16(17)25)3-5-20(15)36-14-10-19(21(31)32)30(11-14)23(34)35/h2-9,14,19H,10-11H2,1H3,(H,31,32)(H,34,35)(H2,27,28,33)/t14-,19-/m0/s1. The maximum atomic E-state index is 13.9. The first kappa shape index (κ1) is 24.4. The lowest BCUT2D eigenvalue weighted by molar-refractivity contribution is -0.141. The van der Waals surface area contributed by atoms with Crippen LogP contribution in [0, 0.1) is 11.6 Å². The third-order valence-corrected chi connectivity index (χ3v) is 5.60. The zero-order chi connectivity index (χ0) is 26.0. The third kappa shape index (κ3) is 5.19. The number of hydrogen-bond acceptors (Lipinski definition) is 5. The molecule has 1 fully saturated rings. The summed E-state index contributed by atoms with van der Waals surface area (Å²) in [5.74, 6) is -2.66. The summed E-state index contributed by atoms with van der Waals surface area (Å²) in [7, 11) is 1.69. The quantitative estimate of drug-likeness (QED) is 0.404. The van der Waals surface area contributed by atoms with E-state index in [1.807, 2.05) is 0 Å². The average Bonchev–Trinajstić information content (AvgIpc) is 3.43. The van der Waals surface area contributed by atoms with Crippen molar-refractivity contribution >= 4 is 29.5 Å². The number of aryl methyl sites for hydroxylation is 1. The summed E-state index contributed by atoms with van der Waals surface area (Å²) in [5, 5.41) is 27.7. The topological polar surface area (TPSA) is 146 Å². The molecule has 1 aliphatic heterocycles. The van der Waals surface area contributed by atoms with Gasteiger partial charge in [0.25, 0.3) is 0 Å². The Kier molecular flexibility index (Phi) is 6.72. The Morgan fingerprint density at radius 2 is 1.86 bits per heavy atom. The van der Waals surface area contributed by atoms with Crippen molar-refractivity contribution in [1.29, 1.82) is 0 Å². The zero-order valence-corrected chi connectivity index (χ0v) is 18.8. The van der Waals surface area contributed by atoms with E-state index < -0.39 is 41.9 Å². The highest BCUT2D eigenvalue weighted by Gasteiger charge is 2.41. The fourth-order valence-corrected chi connectivity index (χ4v) is 3.93. The lowest BCUT2D eigenvalue weighted by atomic mass is 10.1. The molecule has 3 aromatic rings. The molecule has 0 radical (unpaired) electrons. The molecule has 0 spiro atoms. The van der Waals surface area contributed by atoms with E-state index in [0.717, 1.165) is 17.0 Å². The fourth-order valence-electron chi connectivity index (χ4n) is 3.93.